The fourth-order valence-electron chi connectivity index (χ4n) is 9.31. The van der Waals surface area contributed by atoms with Crippen LogP contribution in [0.4, 0.5) is 0 Å². The molecule has 4 fully saturated rings. The number of rotatable bonds is 3. The summed E-state index contributed by atoms with van der Waals surface area (Å²) in [5.41, 5.74) is 0.240. The SMILES string of the molecule is Cc1nccn1CC(=O)[C@H]1CCC2[C@@H]3CC[C@]4(C)C[C@](C)(O)CC[C@]4(C)[C@H]3CC[C@@]21C. The van der Waals surface area contributed by atoms with Gasteiger partial charge in [-0.15, -0.1) is 0 Å². The molecule has 0 spiro atoms. The maximum Gasteiger partial charge on any atom is 0.156 e. The molecule has 8 atom stereocenters. The predicted octanol–water partition coefficient (Wildman–Crippen LogP) is 5.56. The van der Waals surface area contributed by atoms with Crippen LogP contribution in [0, 0.1) is 46.8 Å². The van der Waals surface area contributed by atoms with Gasteiger partial charge in [-0.25, -0.2) is 4.98 Å². The summed E-state index contributed by atoms with van der Waals surface area (Å²) in [7, 11) is 0. The summed E-state index contributed by atoms with van der Waals surface area (Å²) in [6.45, 7) is 12.0. The van der Waals surface area contributed by atoms with E-state index in [0.29, 0.717) is 23.7 Å². The van der Waals surface area contributed by atoms with Crippen molar-refractivity contribution in [2.45, 2.75) is 105 Å². The van der Waals surface area contributed by atoms with Gasteiger partial charge in [-0.3, -0.25) is 4.79 Å². The van der Waals surface area contributed by atoms with Crippen LogP contribution in [0.1, 0.15) is 91.3 Å². The molecule has 4 nitrogen and oxygen atoms in total. The van der Waals surface area contributed by atoms with Crippen LogP contribution in [0.25, 0.3) is 0 Å². The second-order valence-electron chi connectivity index (χ2n) is 12.8. The molecule has 0 aromatic carbocycles. The normalized spacial score (nSPS) is 49.2. The van der Waals surface area contributed by atoms with E-state index in [-0.39, 0.29) is 16.7 Å². The molecular weight excluding hydrogens is 384 g/mol. The van der Waals surface area contributed by atoms with E-state index in [1.54, 1.807) is 6.20 Å². The first kappa shape index (κ1) is 21.7. The molecule has 0 bridgehead atoms. The number of nitrogens with zero attached hydrogens (tertiary/aromatic N) is 2. The summed E-state index contributed by atoms with van der Waals surface area (Å²) in [6, 6.07) is 0. The molecule has 0 radical (unpaired) electrons. The highest BCUT2D eigenvalue weighted by Crippen LogP contribution is 2.71. The van der Waals surface area contributed by atoms with E-state index >= 15 is 0 Å². The molecule has 4 aliphatic rings. The van der Waals surface area contributed by atoms with Crippen molar-refractivity contribution in [2.75, 3.05) is 0 Å². The lowest BCUT2D eigenvalue weighted by atomic mass is 9.39. The first-order valence-corrected chi connectivity index (χ1v) is 12.7. The van der Waals surface area contributed by atoms with Crippen LogP contribution in [-0.4, -0.2) is 26.0 Å². The molecule has 4 aliphatic carbocycles. The highest BCUT2D eigenvalue weighted by molar-refractivity contribution is 5.82. The Bertz CT molecular complexity index is 874. The van der Waals surface area contributed by atoms with Crippen LogP contribution in [0.5, 0.6) is 0 Å². The zero-order chi connectivity index (χ0) is 22.2. The number of carbonyl (C=O) groups excluding carboxylic acids is 1. The molecule has 1 aromatic rings. The quantitative estimate of drug-likeness (QED) is 0.688. The van der Waals surface area contributed by atoms with Gasteiger partial charge >= 0.3 is 0 Å². The molecule has 31 heavy (non-hydrogen) atoms. The van der Waals surface area contributed by atoms with E-state index in [1.165, 1.54) is 32.1 Å². The minimum absolute atomic E-state index is 0.164. The van der Waals surface area contributed by atoms with Crippen molar-refractivity contribution in [1.82, 2.24) is 9.55 Å². The van der Waals surface area contributed by atoms with Crippen molar-refractivity contribution in [3.63, 3.8) is 0 Å². The smallest absolute Gasteiger partial charge is 0.156 e. The van der Waals surface area contributed by atoms with Gasteiger partial charge in [0.1, 0.15) is 5.82 Å². The molecule has 1 aromatic heterocycles. The molecule has 4 saturated carbocycles. The van der Waals surface area contributed by atoms with Gasteiger partial charge in [-0.05, 0) is 106 Å². The van der Waals surface area contributed by atoms with E-state index in [4.69, 9.17) is 0 Å². The minimum atomic E-state index is -0.499. The van der Waals surface area contributed by atoms with Crippen LogP contribution < -0.4 is 0 Å². The van der Waals surface area contributed by atoms with Crippen molar-refractivity contribution in [1.29, 1.82) is 0 Å². The van der Waals surface area contributed by atoms with Crippen LogP contribution in [0.15, 0.2) is 12.4 Å². The Kier molecular flexibility index (Phi) is 4.84. The van der Waals surface area contributed by atoms with Crippen molar-refractivity contribution < 1.29 is 9.90 Å². The molecule has 5 rings (SSSR count). The number of carbonyl (C=O) groups is 1. The second-order valence-corrected chi connectivity index (χ2v) is 12.8. The molecule has 0 amide bonds. The summed E-state index contributed by atoms with van der Waals surface area (Å²) in [5.74, 6) is 3.76. The lowest BCUT2D eigenvalue weighted by molar-refractivity contribution is -0.189. The fourth-order valence-corrected chi connectivity index (χ4v) is 9.31. The maximum absolute atomic E-state index is 13.4. The summed E-state index contributed by atoms with van der Waals surface area (Å²) in [5, 5.41) is 10.9. The monoisotopic (exact) mass is 426 g/mol. The van der Waals surface area contributed by atoms with E-state index in [1.807, 2.05) is 17.7 Å². The van der Waals surface area contributed by atoms with Gasteiger partial charge in [0.2, 0.25) is 0 Å². The number of aliphatic hydroxyl groups is 1. The van der Waals surface area contributed by atoms with Crippen molar-refractivity contribution in [2.24, 2.45) is 39.9 Å². The van der Waals surface area contributed by atoms with Gasteiger partial charge in [-0.1, -0.05) is 20.8 Å². The number of Topliss-reactive ketones (excluding diaryl/α,β-unsaturated/α-hetero) is 1. The minimum Gasteiger partial charge on any atom is -0.390 e. The molecule has 0 aliphatic heterocycles. The lowest BCUT2D eigenvalue weighted by Gasteiger charge is -2.66. The molecule has 4 heteroatoms. The number of hydrogen-bond acceptors (Lipinski definition) is 3. The maximum atomic E-state index is 13.4. The Hall–Kier alpha value is -1.16. The fraction of sp³-hybridized carbons (Fsp3) is 0.852. The van der Waals surface area contributed by atoms with Gasteiger partial charge in [0, 0.05) is 18.3 Å². The van der Waals surface area contributed by atoms with Gasteiger partial charge in [0.25, 0.3) is 0 Å². The zero-order valence-electron chi connectivity index (χ0n) is 20.3. The Morgan fingerprint density at radius 2 is 1.84 bits per heavy atom. The number of ketones is 1. The third-order valence-corrected chi connectivity index (χ3v) is 11.3. The van der Waals surface area contributed by atoms with E-state index in [2.05, 4.69) is 32.7 Å². The topological polar surface area (TPSA) is 55.1 Å². The summed E-state index contributed by atoms with van der Waals surface area (Å²) in [6.07, 6.45) is 14.1. The summed E-state index contributed by atoms with van der Waals surface area (Å²) < 4.78 is 2.02. The first-order chi connectivity index (χ1) is 14.5. The summed E-state index contributed by atoms with van der Waals surface area (Å²) in [4.78, 5) is 17.7. The Morgan fingerprint density at radius 1 is 1.06 bits per heavy atom. The van der Waals surface area contributed by atoms with Crippen LogP contribution in [0.3, 0.4) is 0 Å². The average molecular weight is 427 g/mol. The summed E-state index contributed by atoms with van der Waals surface area (Å²) >= 11 is 0. The third-order valence-electron chi connectivity index (χ3n) is 11.3. The van der Waals surface area contributed by atoms with Crippen LogP contribution in [-0.2, 0) is 11.3 Å². The van der Waals surface area contributed by atoms with Crippen LogP contribution in [0.2, 0.25) is 0 Å². The van der Waals surface area contributed by atoms with Crippen molar-refractivity contribution in [3.05, 3.63) is 18.2 Å². The van der Waals surface area contributed by atoms with Gasteiger partial charge in [0.15, 0.2) is 5.78 Å². The number of aryl methyl sites for hydroxylation is 1. The second kappa shape index (κ2) is 6.92. The van der Waals surface area contributed by atoms with Gasteiger partial charge < -0.3 is 9.67 Å². The largest absolute Gasteiger partial charge is 0.390 e. The number of hydrogen-bond donors (Lipinski definition) is 1. The van der Waals surface area contributed by atoms with Gasteiger partial charge in [0.05, 0.1) is 12.1 Å². The van der Waals surface area contributed by atoms with Gasteiger partial charge in [-0.2, -0.15) is 0 Å². The first-order valence-electron chi connectivity index (χ1n) is 12.7. The number of fused-ring (bicyclic) bond motifs is 5. The molecule has 1 unspecified atom stereocenters. The Morgan fingerprint density at radius 3 is 2.55 bits per heavy atom. The Balaban J connectivity index is 1.38. The van der Waals surface area contributed by atoms with Crippen molar-refractivity contribution >= 4 is 5.78 Å². The predicted molar refractivity (Wildman–Crippen MR) is 122 cm³/mol. The standard InChI is InChI=1S/C27H42N2O2/c1-18-28-14-15-29(18)16-23(30)22-7-6-20-19-8-10-24(2)17-25(3,31)12-13-27(24,5)21(19)9-11-26(20,22)4/h14-15,19-22,31H,6-13,16-17H2,1-5H3/t19-,20?,21-,22+,24+,25+,26-,27+/m0/s1. The zero-order valence-corrected chi connectivity index (χ0v) is 20.3. The lowest BCUT2D eigenvalue weighted by Crippen LogP contribution is -2.60. The Labute approximate surface area is 188 Å². The van der Waals surface area contributed by atoms with E-state index < -0.39 is 5.60 Å². The molecule has 1 heterocycles. The van der Waals surface area contributed by atoms with E-state index in [9.17, 15) is 9.90 Å². The molecule has 1 N–H and O–H groups in total. The molecule has 172 valence electrons. The highest BCUT2D eigenvalue weighted by atomic mass is 16.3. The van der Waals surface area contributed by atoms with Crippen molar-refractivity contribution in [3.8, 4) is 0 Å². The number of imidazole rings is 1. The highest BCUT2D eigenvalue weighted by Gasteiger charge is 2.64. The van der Waals surface area contributed by atoms with Crippen LogP contribution >= 0.6 is 0 Å². The number of aromatic nitrogens is 2. The molecular formula is C27H42N2O2. The molecule has 0 saturated heterocycles. The third kappa shape index (κ3) is 3.10. The van der Waals surface area contributed by atoms with E-state index in [0.717, 1.165) is 43.3 Å². The average Bonchev–Trinajstić information content (AvgIpc) is 3.25.